The number of aliphatic hydroxyl groups is 1. The summed E-state index contributed by atoms with van der Waals surface area (Å²) in [4.78, 5) is 10.6. The number of fused-ring (bicyclic) bond motifs is 1. The number of anilines is 1. The molecule has 0 radical (unpaired) electrons. The Bertz CT molecular complexity index is 514. The second kappa shape index (κ2) is 5.52. The Morgan fingerprint density at radius 2 is 2.24 bits per heavy atom. The number of rotatable bonds is 3. The maximum atomic E-state index is 10.4. The maximum Gasteiger partial charge on any atom is 0.185 e. The molecule has 1 N–H and O–H groups in total. The van der Waals surface area contributed by atoms with Gasteiger partial charge in [-0.25, -0.2) is 4.98 Å². The highest BCUT2D eigenvalue weighted by atomic mass is 32.1. The third-order valence-electron chi connectivity index (χ3n) is 4.89. The molecule has 3 rings (SSSR count). The van der Waals surface area contributed by atoms with Crippen molar-refractivity contribution in [2.24, 2.45) is 5.41 Å². The molecule has 21 heavy (non-hydrogen) atoms. The van der Waals surface area contributed by atoms with Gasteiger partial charge in [-0.15, -0.1) is 0 Å². The first-order valence-corrected chi connectivity index (χ1v) is 8.76. The van der Waals surface area contributed by atoms with E-state index in [1.165, 1.54) is 19.4 Å². The van der Waals surface area contributed by atoms with Crippen LogP contribution in [0.15, 0.2) is 0 Å². The highest BCUT2D eigenvalue weighted by molar-refractivity contribution is 7.15. The second-order valence-corrected chi connectivity index (χ2v) is 8.53. The first kappa shape index (κ1) is 15.3. The summed E-state index contributed by atoms with van der Waals surface area (Å²) in [7, 11) is 4.35. The highest BCUT2D eigenvalue weighted by Gasteiger charge is 2.34. The van der Waals surface area contributed by atoms with Crippen molar-refractivity contribution in [2.75, 3.05) is 32.1 Å². The summed E-state index contributed by atoms with van der Waals surface area (Å²) in [6.45, 7) is 6.67. The molecule has 0 amide bonds. The lowest BCUT2D eigenvalue weighted by Gasteiger charge is -2.31. The van der Waals surface area contributed by atoms with E-state index in [2.05, 4.69) is 37.7 Å². The van der Waals surface area contributed by atoms with Crippen molar-refractivity contribution in [3.05, 3.63) is 10.6 Å². The topological polar surface area (TPSA) is 39.6 Å². The molecule has 1 aliphatic carbocycles. The predicted molar refractivity (Wildman–Crippen MR) is 88.1 cm³/mol. The van der Waals surface area contributed by atoms with E-state index in [0.717, 1.165) is 35.1 Å². The van der Waals surface area contributed by atoms with Crippen molar-refractivity contribution < 1.29 is 5.11 Å². The van der Waals surface area contributed by atoms with Crippen LogP contribution < -0.4 is 4.90 Å². The molecule has 1 aliphatic heterocycles. The van der Waals surface area contributed by atoms with Gasteiger partial charge in [-0.1, -0.05) is 25.2 Å². The Labute approximate surface area is 131 Å². The normalized spacial score (nSPS) is 28.6. The second-order valence-electron chi connectivity index (χ2n) is 7.53. The van der Waals surface area contributed by atoms with Crippen LogP contribution >= 0.6 is 11.3 Å². The average Bonchev–Trinajstić information content (AvgIpc) is 2.95. The Morgan fingerprint density at radius 1 is 1.48 bits per heavy atom. The zero-order valence-corrected chi connectivity index (χ0v) is 14.4. The maximum absolute atomic E-state index is 10.4. The monoisotopic (exact) mass is 309 g/mol. The molecule has 2 atom stereocenters. The Hall–Kier alpha value is -0.650. The van der Waals surface area contributed by atoms with Gasteiger partial charge in [-0.2, -0.15) is 0 Å². The summed E-state index contributed by atoms with van der Waals surface area (Å²) in [6, 6.07) is 0.636. The van der Waals surface area contributed by atoms with Crippen LogP contribution in [0.1, 0.15) is 49.8 Å². The van der Waals surface area contributed by atoms with E-state index in [1.807, 2.05) is 0 Å². The van der Waals surface area contributed by atoms with Gasteiger partial charge in [0.1, 0.15) is 0 Å². The fourth-order valence-electron chi connectivity index (χ4n) is 3.65. The van der Waals surface area contributed by atoms with Crippen molar-refractivity contribution >= 4 is 16.5 Å². The van der Waals surface area contributed by atoms with Gasteiger partial charge < -0.3 is 14.9 Å². The van der Waals surface area contributed by atoms with E-state index in [1.54, 1.807) is 11.3 Å². The van der Waals surface area contributed by atoms with Gasteiger partial charge in [-0.05, 0) is 44.7 Å². The largest absolute Gasteiger partial charge is 0.387 e. The molecule has 0 spiro atoms. The summed E-state index contributed by atoms with van der Waals surface area (Å²) >= 11 is 1.68. The fraction of sp³-hybridized carbons (Fsp3) is 0.812. The molecule has 1 fully saturated rings. The lowest BCUT2D eigenvalue weighted by molar-refractivity contribution is 0.102. The lowest BCUT2D eigenvalue weighted by Crippen LogP contribution is -2.36. The van der Waals surface area contributed by atoms with E-state index in [-0.39, 0.29) is 11.5 Å². The molecule has 2 heterocycles. The lowest BCUT2D eigenvalue weighted by atomic mass is 9.77. The summed E-state index contributed by atoms with van der Waals surface area (Å²) in [5.74, 6) is 0. The fourth-order valence-corrected chi connectivity index (χ4v) is 4.68. The summed E-state index contributed by atoms with van der Waals surface area (Å²) in [6.07, 6.45) is 4.07. The van der Waals surface area contributed by atoms with E-state index < -0.39 is 0 Å². The van der Waals surface area contributed by atoms with Crippen molar-refractivity contribution in [1.82, 2.24) is 9.88 Å². The number of thiazole rings is 1. The van der Waals surface area contributed by atoms with Gasteiger partial charge in [0.2, 0.25) is 0 Å². The number of likely N-dealkylation sites (tertiary alicyclic amines) is 1. The van der Waals surface area contributed by atoms with E-state index in [0.29, 0.717) is 6.04 Å². The molecule has 1 aromatic heterocycles. The number of likely N-dealkylation sites (N-methyl/N-ethyl adjacent to an activating group) is 2. The Morgan fingerprint density at radius 3 is 2.90 bits per heavy atom. The first-order chi connectivity index (χ1) is 9.85. The first-order valence-electron chi connectivity index (χ1n) is 7.95. The van der Waals surface area contributed by atoms with Gasteiger partial charge in [0.25, 0.3) is 0 Å². The Balaban J connectivity index is 1.75. The molecule has 0 saturated carbocycles. The third kappa shape index (κ3) is 3.10. The molecule has 1 aromatic rings. The van der Waals surface area contributed by atoms with Gasteiger partial charge in [-0.3, -0.25) is 0 Å². The van der Waals surface area contributed by atoms with Crippen LogP contribution in [0, 0.1) is 5.41 Å². The molecule has 118 valence electrons. The minimum absolute atomic E-state index is 0.155. The van der Waals surface area contributed by atoms with Gasteiger partial charge in [0.05, 0.1) is 16.7 Å². The zero-order valence-electron chi connectivity index (χ0n) is 13.6. The quantitative estimate of drug-likeness (QED) is 0.932. The third-order valence-corrected chi connectivity index (χ3v) is 6.21. The molecule has 1 saturated heterocycles. The van der Waals surface area contributed by atoms with Gasteiger partial charge in [0, 0.05) is 19.6 Å². The molecular weight excluding hydrogens is 282 g/mol. The van der Waals surface area contributed by atoms with Crippen molar-refractivity contribution in [3.8, 4) is 0 Å². The van der Waals surface area contributed by atoms with Crippen LogP contribution in [0.4, 0.5) is 5.13 Å². The number of hydrogen-bond acceptors (Lipinski definition) is 5. The molecule has 0 aromatic carbocycles. The number of aliphatic hydroxyl groups excluding tert-OH is 1. The predicted octanol–water partition coefficient (Wildman–Crippen LogP) is 2.68. The Kier molecular flexibility index (Phi) is 4.01. The molecule has 0 bridgehead atoms. The minimum Gasteiger partial charge on any atom is -0.387 e. The smallest absolute Gasteiger partial charge is 0.185 e. The van der Waals surface area contributed by atoms with Crippen LogP contribution in [0.3, 0.4) is 0 Å². The molecule has 2 unspecified atom stereocenters. The number of aromatic nitrogens is 1. The minimum atomic E-state index is -0.336. The van der Waals surface area contributed by atoms with Crippen molar-refractivity contribution in [2.45, 2.75) is 51.7 Å². The van der Waals surface area contributed by atoms with Gasteiger partial charge in [0.15, 0.2) is 5.13 Å². The van der Waals surface area contributed by atoms with Gasteiger partial charge >= 0.3 is 0 Å². The number of nitrogens with zero attached hydrogens (tertiary/aromatic N) is 3. The zero-order chi connectivity index (χ0) is 15.2. The van der Waals surface area contributed by atoms with Crippen molar-refractivity contribution in [3.63, 3.8) is 0 Å². The van der Waals surface area contributed by atoms with Crippen molar-refractivity contribution in [1.29, 1.82) is 0 Å². The molecule has 4 nitrogen and oxygen atoms in total. The number of hydrogen-bond donors (Lipinski definition) is 1. The molecule has 2 aliphatic rings. The highest BCUT2D eigenvalue weighted by Crippen LogP contribution is 2.44. The summed E-state index contributed by atoms with van der Waals surface area (Å²) in [5.41, 5.74) is 1.27. The van der Waals surface area contributed by atoms with Crippen LogP contribution in [0.25, 0.3) is 0 Å². The van der Waals surface area contributed by atoms with Crippen LogP contribution in [0.5, 0.6) is 0 Å². The van der Waals surface area contributed by atoms with Crippen LogP contribution in [-0.2, 0) is 6.42 Å². The average molecular weight is 309 g/mol. The summed E-state index contributed by atoms with van der Waals surface area (Å²) in [5, 5.41) is 11.4. The van der Waals surface area contributed by atoms with E-state index in [9.17, 15) is 5.11 Å². The van der Waals surface area contributed by atoms with Crippen LogP contribution in [0.2, 0.25) is 0 Å². The van der Waals surface area contributed by atoms with E-state index in [4.69, 9.17) is 4.98 Å². The SMILES string of the molecule is CN(CC1CCCN1C)c1nc2c(s1)C(O)CC(C)(C)C2. The molecular formula is C16H27N3OS. The van der Waals surface area contributed by atoms with E-state index >= 15 is 0 Å². The van der Waals surface area contributed by atoms with Crippen LogP contribution in [-0.4, -0.2) is 48.2 Å². The molecule has 5 heteroatoms. The summed E-state index contributed by atoms with van der Waals surface area (Å²) < 4.78 is 0. The standard InChI is InChI=1S/C16H27N3OS/c1-16(2)8-12-14(13(20)9-16)21-15(17-12)19(4)10-11-6-5-7-18(11)3/h11,13,20H,5-10H2,1-4H3.